The van der Waals surface area contributed by atoms with Crippen LogP contribution < -0.4 is 0 Å². The lowest BCUT2D eigenvalue weighted by atomic mass is 10.2. The number of hydrogen-bond acceptors (Lipinski definition) is 4. The highest BCUT2D eigenvalue weighted by Crippen LogP contribution is 2.11. The second kappa shape index (κ2) is 4.42. The highest BCUT2D eigenvalue weighted by Gasteiger charge is 2.10. The van der Waals surface area contributed by atoms with Crippen molar-refractivity contribution in [3.63, 3.8) is 0 Å². The van der Waals surface area contributed by atoms with E-state index in [1.165, 1.54) is 13.2 Å². The molecule has 78 valence electrons. The van der Waals surface area contributed by atoms with Gasteiger partial charge in [-0.15, -0.1) is 0 Å². The molecule has 1 heterocycles. The van der Waals surface area contributed by atoms with Gasteiger partial charge in [-0.05, 0) is 13.0 Å². The highest BCUT2D eigenvalue weighted by atomic mass is 16.5. The zero-order chi connectivity index (χ0) is 11.4. The van der Waals surface area contributed by atoms with E-state index in [0.717, 1.165) is 11.3 Å². The van der Waals surface area contributed by atoms with Crippen LogP contribution in [0.25, 0.3) is 6.08 Å². The van der Waals surface area contributed by atoms with Crippen LogP contribution >= 0.6 is 0 Å². The zero-order valence-electron chi connectivity index (χ0n) is 8.81. The van der Waals surface area contributed by atoms with Gasteiger partial charge in [-0.1, -0.05) is 0 Å². The lowest BCUT2D eigenvalue weighted by Crippen LogP contribution is -2.02. The van der Waals surface area contributed by atoms with Gasteiger partial charge in [0.25, 0.3) is 0 Å². The van der Waals surface area contributed by atoms with Crippen molar-refractivity contribution in [1.29, 1.82) is 5.26 Å². The van der Waals surface area contributed by atoms with E-state index in [1.807, 2.05) is 6.92 Å². The molecular weight excluding hydrogens is 194 g/mol. The lowest BCUT2D eigenvalue weighted by molar-refractivity contribution is -0.135. The summed E-state index contributed by atoms with van der Waals surface area (Å²) in [5.74, 6) is -0.638. The van der Waals surface area contributed by atoms with E-state index < -0.39 is 5.97 Å². The normalized spacial score (nSPS) is 10.9. The lowest BCUT2D eigenvalue weighted by Gasteiger charge is -1.96. The fourth-order valence-electron chi connectivity index (χ4n) is 1.06. The summed E-state index contributed by atoms with van der Waals surface area (Å²) < 4.78 is 6.13. The molecule has 0 aromatic carbocycles. The fourth-order valence-corrected chi connectivity index (χ4v) is 1.06. The number of hydrogen-bond donors (Lipinski definition) is 0. The SMILES string of the molecule is COC(=O)/C(C#N)=C\c1cnn(C)c1C. The molecule has 1 aromatic heterocycles. The Morgan fingerprint density at radius 3 is 2.80 bits per heavy atom. The Hall–Kier alpha value is -2.09. The van der Waals surface area contributed by atoms with Crippen molar-refractivity contribution < 1.29 is 9.53 Å². The van der Waals surface area contributed by atoms with Crippen LogP contribution in [0, 0.1) is 18.3 Å². The summed E-state index contributed by atoms with van der Waals surface area (Å²) >= 11 is 0. The highest BCUT2D eigenvalue weighted by molar-refractivity contribution is 5.97. The molecule has 0 aliphatic heterocycles. The molecule has 0 spiro atoms. The zero-order valence-corrected chi connectivity index (χ0v) is 8.81. The number of carbonyl (C=O) groups is 1. The van der Waals surface area contributed by atoms with Gasteiger partial charge in [0.15, 0.2) is 0 Å². The third-order valence-electron chi connectivity index (χ3n) is 2.10. The Morgan fingerprint density at radius 2 is 2.40 bits per heavy atom. The van der Waals surface area contributed by atoms with Gasteiger partial charge in [0, 0.05) is 18.3 Å². The Kier molecular flexibility index (Phi) is 3.24. The molecule has 0 fully saturated rings. The first-order valence-electron chi connectivity index (χ1n) is 4.29. The van der Waals surface area contributed by atoms with Crippen LogP contribution in [-0.2, 0) is 16.6 Å². The molecule has 0 unspecified atom stereocenters. The molecule has 0 atom stereocenters. The van der Waals surface area contributed by atoms with Crippen LogP contribution in [0.4, 0.5) is 0 Å². The van der Waals surface area contributed by atoms with Gasteiger partial charge in [-0.3, -0.25) is 4.68 Å². The summed E-state index contributed by atoms with van der Waals surface area (Å²) in [6.45, 7) is 1.85. The molecule has 0 N–H and O–H groups in total. The van der Waals surface area contributed by atoms with E-state index in [-0.39, 0.29) is 5.57 Å². The summed E-state index contributed by atoms with van der Waals surface area (Å²) in [4.78, 5) is 11.1. The number of nitriles is 1. The molecule has 0 saturated heterocycles. The minimum atomic E-state index is -0.638. The summed E-state index contributed by atoms with van der Waals surface area (Å²) in [5, 5.41) is 12.7. The van der Waals surface area contributed by atoms with E-state index in [0.29, 0.717) is 0 Å². The Balaban J connectivity index is 3.10. The first kappa shape index (κ1) is 11.0. The maximum atomic E-state index is 11.1. The van der Waals surface area contributed by atoms with E-state index >= 15 is 0 Å². The third kappa shape index (κ3) is 2.23. The van der Waals surface area contributed by atoms with Gasteiger partial charge < -0.3 is 4.74 Å². The number of methoxy groups -OCH3 is 1. The predicted octanol–water partition coefficient (Wildman–Crippen LogP) is 0.808. The molecule has 0 aliphatic rings. The van der Waals surface area contributed by atoms with Gasteiger partial charge in [0.05, 0.1) is 13.3 Å². The topological polar surface area (TPSA) is 67.9 Å². The Labute approximate surface area is 87.6 Å². The molecule has 1 aromatic rings. The van der Waals surface area contributed by atoms with E-state index in [1.54, 1.807) is 24.0 Å². The minimum Gasteiger partial charge on any atom is -0.465 e. The van der Waals surface area contributed by atoms with E-state index in [9.17, 15) is 4.79 Å². The van der Waals surface area contributed by atoms with Crippen molar-refractivity contribution in [2.75, 3.05) is 7.11 Å². The number of ether oxygens (including phenoxy) is 1. The number of aryl methyl sites for hydroxylation is 1. The largest absolute Gasteiger partial charge is 0.465 e. The Bertz CT molecular complexity index is 452. The second-order valence-electron chi connectivity index (χ2n) is 2.97. The first-order valence-corrected chi connectivity index (χ1v) is 4.29. The quantitative estimate of drug-likeness (QED) is 0.407. The number of carbonyl (C=O) groups excluding carboxylic acids is 1. The maximum Gasteiger partial charge on any atom is 0.348 e. The summed E-state index contributed by atoms with van der Waals surface area (Å²) in [7, 11) is 3.03. The van der Waals surface area contributed by atoms with Crippen molar-refractivity contribution in [1.82, 2.24) is 9.78 Å². The van der Waals surface area contributed by atoms with Gasteiger partial charge in [0.1, 0.15) is 11.6 Å². The van der Waals surface area contributed by atoms with Crippen LogP contribution in [0.15, 0.2) is 11.8 Å². The number of esters is 1. The number of aromatic nitrogens is 2. The van der Waals surface area contributed by atoms with Crippen molar-refractivity contribution in [2.45, 2.75) is 6.92 Å². The van der Waals surface area contributed by atoms with Crippen LogP contribution in [-0.4, -0.2) is 22.9 Å². The Morgan fingerprint density at radius 1 is 1.73 bits per heavy atom. The van der Waals surface area contributed by atoms with Gasteiger partial charge in [-0.25, -0.2) is 4.79 Å². The number of nitrogens with zero attached hydrogens (tertiary/aromatic N) is 3. The molecule has 0 radical (unpaired) electrons. The molecule has 5 nitrogen and oxygen atoms in total. The standard InChI is InChI=1S/C10H11N3O2/c1-7-9(6-12-13(7)2)4-8(5-11)10(14)15-3/h4,6H,1-3H3/b8-4-. The summed E-state index contributed by atoms with van der Waals surface area (Å²) in [6, 6.07) is 1.79. The summed E-state index contributed by atoms with van der Waals surface area (Å²) in [6.07, 6.45) is 3.06. The molecule has 1 rings (SSSR count). The number of rotatable bonds is 2. The van der Waals surface area contributed by atoms with Gasteiger partial charge in [-0.2, -0.15) is 10.4 Å². The molecule has 15 heavy (non-hydrogen) atoms. The first-order chi connectivity index (χ1) is 7.10. The van der Waals surface area contributed by atoms with Crippen molar-refractivity contribution in [3.8, 4) is 6.07 Å². The molecular formula is C10H11N3O2. The summed E-state index contributed by atoms with van der Waals surface area (Å²) in [5.41, 5.74) is 1.58. The molecule has 0 saturated carbocycles. The van der Waals surface area contributed by atoms with Gasteiger partial charge in [0.2, 0.25) is 0 Å². The maximum absolute atomic E-state index is 11.1. The van der Waals surface area contributed by atoms with Crippen LogP contribution in [0.3, 0.4) is 0 Å². The average Bonchev–Trinajstić information content (AvgIpc) is 2.56. The van der Waals surface area contributed by atoms with Crippen molar-refractivity contribution >= 4 is 12.0 Å². The monoisotopic (exact) mass is 205 g/mol. The molecule has 0 amide bonds. The van der Waals surface area contributed by atoms with Crippen LogP contribution in [0.1, 0.15) is 11.3 Å². The smallest absolute Gasteiger partial charge is 0.348 e. The fraction of sp³-hybridized carbons (Fsp3) is 0.300. The minimum absolute atomic E-state index is 0.0337. The predicted molar refractivity (Wildman–Crippen MR) is 53.6 cm³/mol. The van der Waals surface area contributed by atoms with E-state index in [4.69, 9.17) is 5.26 Å². The van der Waals surface area contributed by atoms with Crippen molar-refractivity contribution in [2.24, 2.45) is 7.05 Å². The third-order valence-corrected chi connectivity index (χ3v) is 2.10. The van der Waals surface area contributed by atoms with E-state index in [2.05, 4.69) is 9.84 Å². The van der Waals surface area contributed by atoms with Crippen LogP contribution in [0.5, 0.6) is 0 Å². The second-order valence-corrected chi connectivity index (χ2v) is 2.97. The average molecular weight is 205 g/mol. The van der Waals surface area contributed by atoms with Crippen molar-refractivity contribution in [3.05, 3.63) is 23.0 Å². The molecule has 5 heteroatoms. The molecule has 0 bridgehead atoms. The van der Waals surface area contributed by atoms with Crippen LogP contribution in [0.2, 0.25) is 0 Å². The molecule has 0 aliphatic carbocycles. The van der Waals surface area contributed by atoms with Gasteiger partial charge >= 0.3 is 5.97 Å².